The minimum atomic E-state index is 0.0218. The lowest BCUT2D eigenvalue weighted by Gasteiger charge is -2.31. The predicted octanol–water partition coefficient (Wildman–Crippen LogP) is 2.19. The summed E-state index contributed by atoms with van der Waals surface area (Å²) in [6.45, 7) is 3.58. The Labute approximate surface area is 125 Å². The molecule has 1 aromatic carbocycles. The van der Waals surface area contributed by atoms with E-state index in [0.717, 1.165) is 18.4 Å². The molecule has 1 saturated heterocycles. The molecule has 114 valence electrons. The van der Waals surface area contributed by atoms with Crippen LogP contribution in [-0.2, 0) is 4.79 Å². The molecule has 21 heavy (non-hydrogen) atoms. The van der Waals surface area contributed by atoms with Gasteiger partial charge < -0.3 is 10.0 Å². The fraction of sp³-hybridized carbons (Fsp3) is 0.529. The third-order valence-corrected chi connectivity index (χ3v) is 4.16. The van der Waals surface area contributed by atoms with E-state index >= 15 is 0 Å². The van der Waals surface area contributed by atoms with Crippen LogP contribution in [-0.4, -0.2) is 41.4 Å². The molecule has 1 fully saturated rings. The predicted molar refractivity (Wildman–Crippen MR) is 81.1 cm³/mol. The number of carbonyl (C=O) groups excluding carboxylic acids is 2. The van der Waals surface area contributed by atoms with E-state index in [4.69, 9.17) is 5.11 Å². The first-order valence-electron chi connectivity index (χ1n) is 7.58. The van der Waals surface area contributed by atoms with Crippen LogP contribution in [0.5, 0.6) is 0 Å². The van der Waals surface area contributed by atoms with Gasteiger partial charge in [0.1, 0.15) is 0 Å². The second kappa shape index (κ2) is 7.36. The Kier molecular flexibility index (Phi) is 5.51. The van der Waals surface area contributed by atoms with E-state index in [1.165, 1.54) is 0 Å². The fourth-order valence-corrected chi connectivity index (χ4v) is 2.63. The van der Waals surface area contributed by atoms with Gasteiger partial charge in [-0.2, -0.15) is 0 Å². The average Bonchev–Trinajstić information content (AvgIpc) is 2.53. The zero-order valence-corrected chi connectivity index (χ0v) is 12.5. The molecule has 1 aromatic rings. The van der Waals surface area contributed by atoms with Crippen molar-refractivity contribution in [1.82, 2.24) is 4.90 Å². The van der Waals surface area contributed by atoms with Gasteiger partial charge in [0.25, 0.3) is 0 Å². The number of ketones is 1. The van der Waals surface area contributed by atoms with Crippen LogP contribution >= 0.6 is 0 Å². The third-order valence-electron chi connectivity index (χ3n) is 4.16. The molecule has 0 unspecified atom stereocenters. The highest BCUT2D eigenvalue weighted by atomic mass is 16.3. The maximum absolute atomic E-state index is 12.1. The molecule has 0 radical (unpaired) electrons. The van der Waals surface area contributed by atoms with E-state index < -0.39 is 0 Å². The number of aliphatic hydroxyl groups excluding tert-OH is 1. The summed E-state index contributed by atoms with van der Waals surface area (Å²) in [7, 11) is 0. The van der Waals surface area contributed by atoms with E-state index in [1.807, 2.05) is 36.1 Å². The minimum Gasteiger partial charge on any atom is -0.396 e. The van der Waals surface area contributed by atoms with Crippen molar-refractivity contribution in [3.8, 4) is 0 Å². The van der Waals surface area contributed by atoms with Gasteiger partial charge in [0.05, 0.1) is 0 Å². The van der Waals surface area contributed by atoms with Crippen molar-refractivity contribution >= 4 is 11.7 Å². The Hall–Kier alpha value is -1.68. The van der Waals surface area contributed by atoms with Crippen molar-refractivity contribution in [3.05, 3.63) is 35.4 Å². The molecule has 1 amide bonds. The summed E-state index contributed by atoms with van der Waals surface area (Å²) < 4.78 is 0. The van der Waals surface area contributed by atoms with E-state index in [-0.39, 0.29) is 31.1 Å². The molecular weight excluding hydrogens is 266 g/mol. The second-order valence-electron chi connectivity index (χ2n) is 5.80. The van der Waals surface area contributed by atoms with Gasteiger partial charge in [-0.3, -0.25) is 9.59 Å². The van der Waals surface area contributed by atoms with Crippen LogP contribution in [0.1, 0.15) is 41.6 Å². The third kappa shape index (κ3) is 4.39. The lowest BCUT2D eigenvalue weighted by atomic mass is 9.97. The van der Waals surface area contributed by atoms with Gasteiger partial charge in [-0.1, -0.05) is 29.8 Å². The number of nitrogens with zero attached hydrogens (tertiary/aromatic N) is 1. The number of amides is 1. The maximum Gasteiger partial charge on any atom is 0.223 e. The Balaban J connectivity index is 1.78. The van der Waals surface area contributed by atoms with Crippen molar-refractivity contribution in [3.63, 3.8) is 0 Å². The zero-order valence-electron chi connectivity index (χ0n) is 12.5. The first-order valence-corrected chi connectivity index (χ1v) is 7.58. The number of likely N-dealkylation sites (tertiary alicyclic amines) is 1. The molecule has 2 rings (SSSR count). The van der Waals surface area contributed by atoms with Gasteiger partial charge >= 0.3 is 0 Å². The second-order valence-corrected chi connectivity index (χ2v) is 5.80. The summed E-state index contributed by atoms with van der Waals surface area (Å²) in [6, 6.07) is 7.45. The monoisotopic (exact) mass is 289 g/mol. The molecule has 0 aliphatic carbocycles. The van der Waals surface area contributed by atoms with Crippen LogP contribution in [0, 0.1) is 12.8 Å². The van der Waals surface area contributed by atoms with Crippen molar-refractivity contribution in [2.75, 3.05) is 19.7 Å². The average molecular weight is 289 g/mol. The molecule has 4 nitrogen and oxygen atoms in total. The largest absolute Gasteiger partial charge is 0.396 e. The van der Waals surface area contributed by atoms with Crippen molar-refractivity contribution in [2.24, 2.45) is 5.92 Å². The van der Waals surface area contributed by atoms with Gasteiger partial charge in [-0.05, 0) is 25.7 Å². The number of carbonyl (C=O) groups is 2. The van der Waals surface area contributed by atoms with E-state index in [0.29, 0.717) is 24.6 Å². The van der Waals surface area contributed by atoms with E-state index in [1.54, 1.807) is 0 Å². The van der Waals surface area contributed by atoms with Gasteiger partial charge in [-0.25, -0.2) is 0 Å². The van der Waals surface area contributed by atoms with Gasteiger partial charge in [0.2, 0.25) is 5.91 Å². The molecule has 0 bridgehead atoms. The molecule has 1 heterocycles. The highest BCUT2D eigenvalue weighted by Gasteiger charge is 2.22. The minimum absolute atomic E-state index is 0.0218. The number of hydrogen-bond donors (Lipinski definition) is 1. The molecule has 0 atom stereocenters. The van der Waals surface area contributed by atoms with Crippen LogP contribution in [0.15, 0.2) is 24.3 Å². The SMILES string of the molecule is Cc1ccc(C(=O)CCC(=O)N2CCC(CO)CC2)cc1. The standard InChI is InChI=1S/C17H23NO3/c1-13-2-4-15(5-3-13)16(20)6-7-17(21)18-10-8-14(12-19)9-11-18/h2-5,14,19H,6-12H2,1H3. The Morgan fingerprint density at radius 3 is 2.33 bits per heavy atom. The first-order chi connectivity index (χ1) is 10.1. The van der Waals surface area contributed by atoms with Crippen LogP contribution in [0.3, 0.4) is 0 Å². The van der Waals surface area contributed by atoms with Crippen molar-refractivity contribution in [2.45, 2.75) is 32.6 Å². The number of benzene rings is 1. The van der Waals surface area contributed by atoms with Crippen molar-refractivity contribution < 1.29 is 14.7 Å². The lowest BCUT2D eigenvalue weighted by Crippen LogP contribution is -2.39. The maximum atomic E-state index is 12.1. The number of aryl methyl sites for hydroxylation is 1. The summed E-state index contributed by atoms with van der Waals surface area (Å²) in [4.78, 5) is 25.9. The zero-order chi connectivity index (χ0) is 15.2. The summed E-state index contributed by atoms with van der Waals surface area (Å²) in [5.74, 6) is 0.392. The van der Waals surface area contributed by atoms with Crippen LogP contribution in [0.2, 0.25) is 0 Å². The highest BCUT2D eigenvalue weighted by Crippen LogP contribution is 2.17. The highest BCUT2D eigenvalue weighted by molar-refractivity contribution is 5.97. The normalized spacial score (nSPS) is 16.0. The fourth-order valence-electron chi connectivity index (χ4n) is 2.63. The summed E-state index contributed by atoms with van der Waals surface area (Å²) in [5, 5.41) is 9.09. The summed E-state index contributed by atoms with van der Waals surface area (Å²) >= 11 is 0. The Morgan fingerprint density at radius 2 is 1.76 bits per heavy atom. The Bertz CT molecular complexity index is 487. The molecule has 4 heteroatoms. The molecular formula is C17H23NO3. The Morgan fingerprint density at radius 1 is 1.14 bits per heavy atom. The molecule has 1 N–H and O–H groups in total. The van der Waals surface area contributed by atoms with Crippen molar-refractivity contribution in [1.29, 1.82) is 0 Å². The smallest absolute Gasteiger partial charge is 0.223 e. The topological polar surface area (TPSA) is 57.6 Å². The number of Topliss-reactive ketones (excluding diaryl/α,β-unsaturated/α-hetero) is 1. The quantitative estimate of drug-likeness (QED) is 0.845. The van der Waals surface area contributed by atoms with Crippen LogP contribution < -0.4 is 0 Å². The molecule has 0 saturated carbocycles. The summed E-state index contributed by atoms with van der Waals surface area (Å²) in [5.41, 5.74) is 1.79. The number of aliphatic hydroxyl groups is 1. The molecule has 1 aliphatic heterocycles. The number of piperidine rings is 1. The molecule has 1 aliphatic rings. The molecule has 0 aromatic heterocycles. The lowest BCUT2D eigenvalue weighted by molar-refractivity contribution is -0.132. The van der Waals surface area contributed by atoms with Gasteiger partial charge in [0, 0.05) is 38.1 Å². The number of rotatable bonds is 5. The van der Waals surface area contributed by atoms with Crippen LogP contribution in [0.25, 0.3) is 0 Å². The first kappa shape index (κ1) is 15.7. The van der Waals surface area contributed by atoms with E-state index in [2.05, 4.69) is 0 Å². The van der Waals surface area contributed by atoms with E-state index in [9.17, 15) is 9.59 Å². The molecule has 0 spiro atoms. The van der Waals surface area contributed by atoms with Crippen LogP contribution in [0.4, 0.5) is 0 Å². The van der Waals surface area contributed by atoms with Gasteiger partial charge in [-0.15, -0.1) is 0 Å². The summed E-state index contributed by atoms with van der Waals surface area (Å²) in [6.07, 6.45) is 2.25. The van der Waals surface area contributed by atoms with Gasteiger partial charge in [0.15, 0.2) is 5.78 Å². The number of hydrogen-bond acceptors (Lipinski definition) is 3.